The van der Waals surface area contributed by atoms with Crippen LogP contribution in [-0.4, -0.2) is 40.6 Å². The van der Waals surface area contributed by atoms with Crippen LogP contribution in [0, 0.1) is 0 Å². The predicted molar refractivity (Wildman–Crippen MR) is 96.7 cm³/mol. The smallest absolute Gasteiger partial charge is 0.254 e. The Balaban J connectivity index is 1.86. The zero-order chi connectivity index (χ0) is 17.1. The van der Waals surface area contributed by atoms with Crippen molar-refractivity contribution in [2.45, 2.75) is 6.54 Å². The van der Waals surface area contributed by atoms with Crippen LogP contribution in [0.1, 0.15) is 16.1 Å². The molecule has 0 bridgehead atoms. The lowest BCUT2D eigenvalue weighted by molar-refractivity contribution is 0.0676. The highest BCUT2D eigenvalue weighted by Crippen LogP contribution is 2.27. The van der Waals surface area contributed by atoms with Gasteiger partial charge in [-0.1, -0.05) is 11.6 Å². The molecule has 0 radical (unpaired) electrons. The number of carbonyl (C=O) groups is 1. The second kappa shape index (κ2) is 7.34. The highest BCUT2D eigenvalue weighted by atomic mass is 35.5. The molecule has 7 heteroatoms. The van der Waals surface area contributed by atoms with Gasteiger partial charge in [0.1, 0.15) is 0 Å². The number of aromatic nitrogens is 2. The largest absolute Gasteiger partial charge is 0.383 e. The van der Waals surface area contributed by atoms with Crippen LogP contribution in [0.3, 0.4) is 0 Å². The van der Waals surface area contributed by atoms with Crippen LogP contribution in [0.5, 0.6) is 0 Å². The molecule has 5 nitrogen and oxygen atoms in total. The number of nitrogens with zero attached hydrogens (tertiary/aromatic N) is 3. The third-order valence-electron chi connectivity index (χ3n) is 3.87. The molecule has 0 N–H and O–H groups in total. The average molecular weight is 364 g/mol. The quantitative estimate of drug-likeness (QED) is 0.672. The molecule has 3 rings (SSSR count). The van der Waals surface area contributed by atoms with Crippen molar-refractivity contribution in [2.75, 3.05) is 20.3 Å². The first-order chi connectivity index (χ1) is 11.6. The minimum Gasteiger partial charge on any atom is -0.383 e. The summed E-state index contributed by atoms with van der Waals surface area (Å²) in [5, 5.41) is 0. The number of methoxy groups -OCH3 is 1. The molecule has 2 aromatic heterocycles. The maximum atomic E-state index is 13.0. The number of amides is 1. The molecule has 0 saturated carbocycles. The van der Waals surface area contributed by atoms with Gasteiger partial charge in [0, 0.05) is 38.2 Å². The first kappa shape index (κ1) is 17.0. The summed E-state index contributed by atoms with van der Waals surface area (Å²) >= 11 is 7.33. The molecule has 3 aromatic rings. The van der Waals surface area contributed by atoms with Gasteiger partial charge in [0.05, 0.1) is 23.4 Å². The zero-order valence-electron chi connectivity index (χ0n) is 13.5. The number of rotatable bonds is 6. The van der Waals surface area contributed by atoms with Crippen molar-refractivity contribution in [3.05, 3.63) is 52.3 Å². The van der Waals surface area contributed by atoms with Crippen LogP contribution >= 0.6 is 22.9 Å². The van der Waals surface area contributed by atoms with Gasteiger partial charge in [-0.05, 0) is 30.3 Å². The van der Waals surface area contributed by atoms with E-state index >= 15 is 0 Å². The SMILES string of the molecule is COCCN(Cc1cccn1C)C(=O)c1ccc2nc(Cl)sc2c1. The summed E-state index contributed by atoms with van der Waals surface area (Å²) in [5.74, 6) is -0.0281. The summed E-state index contributed by atoms with van der Waals surface area (Å²) < 4.78 is 8.56. The van der Waals surface area contributed by atoms with Crippen molar-refractivity contribution < 1.29 is 9.53 Å². The number of hydrogen-bond donors (Lipinski definition) is 0. The molecule has 1 aromatic carbocycles. The van der Waals surface area contributed by atoms with Crippen LogP contribution in [0.4, 0.5) is 0 Å². The van der Waals surface area contributed by atoms with Crippen molar-refractivity contribution in [3.8, 4) is 0 Å². The number of carbonyl (C=O) groups excluding carboxylic acids is 1. The molecule has 0 aliphatic heterocycles. The van der Waals surface area contributed by atoms with Crippen molar-refractivity contribution >= 4 is 39.1 Å². The Kier molecular flexibility index (Phi) is 5.18. The third-order valence-corrected chi connectivity index (χ3v) is 4.99. The zero-order valence-corrected chi connectivity index (χ0v) is 15.1. The van der Waals surface area contributed by atoms with Gasteiger partial charge in [0.25, 0.3) is 5.91 Å². The summed E-state index contributed by atoms with van der Waals surface area (Å²) in [6.07, 6.45) is 1.97. The summed E-state index contributed by atoms with van der Waals surface area (Å²) in [6.45, 7) is 1.56. The monoisotopic (exact) mass is 363 g/mol. The summed E-state index contributed by atoms with van der Waals surface area (Å²) in [5.41, 5.74) is 2.52. The summed E-state index contributed by atoms with van der Waals surface area (Å²) in [6, 6.07) is 9.47. The maximum Gasteiger partial charge on any atom is 0.254 e. The Labute approximate surface area is 149 Å². The Morgan fingerprint density at radius 1 is 1.42 bits per heavy atom. The summed E-state index contributed by atoms with van der Waals surface area (Å²) in [7, 11) is 3.61. The minimum absolute atomic E-state index is 0.0281. The van der Waals surface area contributed by atoms with E-state index < -0.39 is 0 Å². The van der Waals surface area contributed by atoms with Crippen molar-refractivity contribution in [3.63, 3.8) is 0 Å². The lowest BCUT2D eigenvalue weighted by Gasteiger charge is -2.23. The fourth-order valence-corrected chi connectivity index (χ4v) is 3.59. The highest BCUT2D eigenvalue weighted by molar-refractivity contribution is 7.22. The molecular weight excluding hydrogens is 346 g/mol. The Hall–Kier alpha value is -1.89. The second-order valence-electron chi connectivity index (χ2n) is 5.48. The predicted octanol–water partition coefficient (Wildman–Crippen LogP) is 3.58. The molecule has 2 heterocycles. The first-order valence-corrected chi connectivity index (χ1v) is 8.72. The van der Waals surface area contributed by atoms with Gasteiger partial charge in [0.2, 0.25) is 0 Å². The standard InChI is InChI=1S/C17H18ClN3O2S/c1-20-7-3-4-13(20)11-21(8-9-23-2)16(22)12-5-6-14-15(10-12)24-17(18)19-14/h3-7,10H,8-9,11H2,1-2H3. The van der Waals surface area contributed by atoms with Gasteiger partial charge in [-0.25, -0.2) is 4.98 Å². The number of benzene rings is 1. The minimum atomic E-state index is -0.0281. The number of ether oxygens (including phenoxy) is 1. The molecule has 0 unspecified atom stereocenters. The molecule has 126 valence electrons. The highest BCUT2D eigenvalue weighted by Gasteiger charge is 2.18. The van der Waals surface area contributed by atoms with E-state index in [-0.39, 0.29) is 5.91 Å². The molecule has 0 fully saturated rings. The van der Waals surface area contributed by atoms with E-state index in [1.54, 1.807) is 18.1 Å². The average Bonchev–Trinajstić information content (AvgIpc) is 3.14. The van der Waals surface area contributed by atoms with E-state index in [9.17, 15) is 4.79 Å². The van der Waals surface area contributed by atoms with Gasteiger partial charge in [-0.15, -0.1) is 11.3 Å². The Morgan fingerprint density at radius 2 is 2.25 bits per heavy atom. The van der Waals surface area contributed by atoms with E-state index in [4.69, 9.17) is 16.3 Å². The van der Waals surface area contributed by atoms with E-state index in [2.05, 4.69) is 4.98 Å². The van der Waals surface area contributed by atoms with Crippen LogP contribution < -0.4 is 0 Å². The Bertz CT molecular complexity index is 859. The van der Waals surface area contributed by atoms with Gasteiger partial charge < -0.3 is 14.2 Å². The second-order valence-corrected chi connectivity index (χ2v) is 7.09. The molecule has 0 aliphatic carbocycles. The van der Waals surface area contributed by atoms with Gasteiger partial charge in [0.15, 0.2) is 4.47 Å². The van der Waals surface area contributed by atoms with Crippen LogP contribution in [0.25, 0.3) is 10.2 Å². The molecule has 1 amide bonds. The normalized spacial score (nSPS) is 11.1. The molecule has 0 spiro atoms. The van der Waals surface area contributed by atoms with Gasteiger partial charge in [-0.2, -0.15) is 0 Å². The van der Waals surface area contributed by atoms with E-state index in [0.717, 1.165) is 15.9 Å². The van der Waals surface area contributed by atoms with E-state index in [1.807, 2.05) is 42.1 Å². The van der Waals surface area contributed by atoms with Gasteiger partial charge in [-0.3, -0.25) is 4.79 Å². The molecule has 0 saturated heterocycles. The van der Waals surface area contributed by atoms with Gasteiger partial charge >= 0.3 is 0 Å². The van der Waals surface area contributed by atoms with E-state index in [1.165, 1.54) is 11.3 Å². The maximum absolute atomic E-state index is 13.0. The van der Waals surface area contributed by atoms with Crippen LogP contribution in [0.2, 0.25) is 4.47 Å². The summed E-state index contributed by atoms with van der Waals surface area (Å²) in [4.78, 5) is 19.0. The fourth-order valence-electron chi connectivity index (χ4n) is 2.52. The fraction of sp³-hybridized carbons (Fsp3) is 0.294. The molecule has 24 heavy (non-hydrogen) atoms. The van der Waals surface area contributed by atoms with Crippen LogP contribution in [-0.2, 0) is 18.3 Å². The Morgan fingerprint density at radius 3 is 2.96 bits per heavy atom. The third kappa shape index (κ3) is 3.61. The van der Waals surface area contributed by atoms with Crippen molar-refractivity contribution in [1.82, 2.24) is 14.5 Å². The lowest BCUT2D eigenvalue weighted by atomic mass is 10.2. The van der Waals surface area contributed by atoms with E-state index in [0.29, 0.717) is 29.7 Å². The topological polar surface area (TPSA) is 47.4 Å². The number of hydrogen-bond acceptors (Lipinski definition) is 4. The molecule has 0 aliphatic rings. The molecule has 0 atom stereocenters. The number of aryl methyl sites for hydroxylation is 1. The molecular formula is C17H18ClN3O2S. The number of halogens is 1. The van der Waals surface area contributed by atoms with Crippen LogP contribution in [0.15, 0.2) is 36.5 Å². The van der Waals surface area contributed by atoms with Crippen molar-refractivity contribution in [2.24, 2.45) is 7.05 Å². The number of fused-ring (bicyclic) bond motifs is 1. The first-order valence-electron chi connectivity index (χ1n) is 7.53. The lowest BCUT2D eigenvalue weighted by Crippen LogP contribution is -2.34. The number of thiazole rings is 1. The van der Waals surface area contributed by atoms with Crippen molar-refractivity contribution in [1.29, 1.82) is 0 Å².